The molecule has 0 N–H and O–H groups in total. The van der Waals surface area contributed by atoms with E-state index in [9.17, 15) is 18.4 Å². The fraction of sp³-hybridized carbons (Fsp3) is 0.308. The number of rotatable bonds is 3. The SMILES string of the molecule is COC(=O)C1(C(C)=O)CC(c2cc(F)cc(F)c2)=NO1. The molecule has 1 aromatic rings. The Balaban J connectivity index is 2.35. The molecule has 0 aromatic heterocycles. The van der Waals surface area contributed by atoms with E-state index in [4.69, 9.17) is 4.84 Å². The molecule has 106 valence electrons. The topological polar surface area (TPSA) is 65.0 Å². The molecule has 1 atom stereocenters. The van der Waals surface area contributed by atoms with E-state index in [-0.39, 0.29) is 17.7 Å². The molecule has 0 amide bonds. The number of Topliss-reactive ketones (excluding diaryl/α,β-unsaturated/α-hetero) is 1. The molecular formula is C13H11F2NO4. The van der Waals surface area contributed by atoms with Crippen LogP contribution in [0.2, 0.25) is 0 Å². The number of benzene rings is 1. The average molecular weight is 283 g/mol. The van der Waals surface area contributed by atoms with Crippen LogP contribution in [-0.2, 0) is 19.2 Å². The zero-order valence-corrected chi connectivity index (χ0v) is 10.8. The van der Waals surface area contributed by atoms with E-state index in [0.717, 1.165) is 26.2 Å². The van der Waals surface area contributed by atoms with Crippen LogP contribution in [0.1, 0.15) is 18.9 Å². The monoisotopic (exact) mass is 283 g/mol. The number of carbonyl (C=O) groups excluding carboxylic acids is 2. The highest BCUT2D eigenvalue weighted by Crippen LogP contribution is 2.29. The lowest BCUT2D eigenvalue weighted by Gasteiger charge is -2.19. The van der Waals surface area contributed by atoms with Gasteiger partial charge in [-0.3, -0.25) is 4.79 Å². The lowest BCUT2D eigenvalue weighted by Crippen LogP contribution is -2.46. The minimum atomic E-state index is -1.88. The molecule has 2 rings (SSSR count). The number of esters is 1. The van der Waals surface area contributed by atoms with Crippen LogP contribution in [0.25, 0.3) is 0 Å². The van der Waals surface area contributed by atoms with Crippen molar-refractivity contribution in [2.45, 2.75) is 18.9 Å². The molecular weight excluding hydrogens is 272 g/mol. The fourth-order valence-corrected chi connectivity index (χ4v) is 1.92. The highest BCUT2D eigenvalue weighted by atomic mass is 19.1. The van der Waals surface area contributed by atoms with E-state index in [0.29, 0.717) is 6.07 Å². The number of halogens is 2. The van der Waals surface area contributed by atoms with Crippen molar-refractivity contribution in [3.63, 3.8) is 0 Å². The Labute approximate surface area is 113 Å². The van der Waals surface area contributed by atoms with E-state index in [2.05, 4.69) is 9.89 Å². The van der Waals surface area contributed by atoms with Crippen molar-refractivity contribution in [1.29, 1.82) is 0 Å². The molecule has 0 radical (unpaired) electrons. The molecule has 0 saturated heterocycles. The van der Waals surface area contributed by atoms with Crippen molar-refractivity contribution in [3.8, 4) is 0 Å². The molecule has 1 unspecified atom stereocenters. The van der Waals surface area contributed by atoms with E-state index in [1.54, 1.807) is 0 Å². The maximum absolute atomic E-state index is 13.2. The van der Waals surface area contributed by atoms with Crippen LogP contribution in [0.3, 0.4) is 0 Å². The van der Waals surface area contributed by atoms with Crippen LogP contribution in [0, 0.1) is 11.6 Å². The molecule has 0 spiro atoms. The average Bonchev–Trinajstić information content (AvgIpc) is 2.83. The largest absolute Gasteiger partial charge is 0.466 e. The number of carbonyl (C=O) groups is 2. The van der Waals surface area contributed by atoms with Gasteiger partial charge in [0, 0.05) is 11.6 Å². The maximum Gasteiger partial charge on any atom is 0.361 e. The van der Waals surface area contributed by atoms with Gasteiger partial charge in [-0.1, -0.05) is 5.16 Å². The lowest BCUT2D eigenvalue weighted by atomic mass is 9.91. The summed E-state index contributed by atoms with van der Waals surface area (Å²) in [5.41, 5.74) is -1.68. The number of ether oxygens (including phenoxy) is 1. The first-order chi connectivity index (χ1) is 9.39. The smallest absolute Gasteiger partial charge is 0.361 e. The molecule has 0 fully saturated rings. The van der Waals surface area contributed by atoms with Gasteiger partial charge in [0.05, 0.1) is 19.2 Å². The van der Waals surface area contributed by atoms with Crippen molar-refractivity contribution in [3.05, 3.63) is 35.4 Å². The van der Waals surface area contributed by atoms with Crippen LogP contribution in [0.15, 0.2) is 23.4 Å². The first-order valence-corrected chi connectivity index (χ1v) is 5.70. The van der Waals surface area contributed by atoms with Gasteiger partial charge in [0.25, 0.3) is 5.60 Å². The number of oxime groups is 1. The van der Waals surface area contributed by atoms with Gasteiger partial charge in [0.15, 0.2) is 5.78 Å². The second-order valence-corrected chi connectivity index (χ2v) is 4.34. The molecule has 20 heavy (non-hydrogen) atoms. The number of methoxy groups -OCH3 is 1. The quantitative estimate of drug-likeness (QED) is 0.624. The number of ketones is 1. The zero-order valence-electron chi connectivity index (χ0n) is 10.8. The molecule has 0 saturated carbocycles. The standard InChI is InChI=1S/C13H11F2NO4/c1-7(17)13(12(18)19-2)6-11(16-20-13)8-3-9(14)5-10(15)4-8/h3-5H,6H2,1-2H3. The molecule has 1 heterocycles. The summed E-state index contributed by atoms with van der Waals surface area (Å²) in [5.74, 6) is -3.08. The Bertz CT molecular complexity index is 594. The third-order valence-electron chi connectivity index (χ3n) is 3.01. The third-order valence-corrected chi connectivity index (χ3v) is 3.01. The van der Waals surface area contributed by atoms with Crippen LogP contribution in [0.4, 0.5) is 8.78 Å². The minimum absolute atomic E-state index is 0.101. The molecule has 0 bridgehead atoms. The van der Waals surface area contributed by atoms with E-state index in [1.807, 2.05) is 0 Å². The Morgan fingerprint density at radius 3 is 2.40 bits per heavy atom. The van der Waals surface area contributed by atoms with Gasteiger partial charge in [0.1, 0.15) is 11.6 Å². The van der Waals surface area contributed by atoms with E-state index < -0.39 is 29.0 Å². The zero-order chi connectivity index (χ0) is 14.9. The van der Waals surface area contributed by atoms with Crippen molar-refractivity contribution in [1.82, 2.24) is 0 Å². The Morgan fingerprint density at radius 2 is 1.90 bits per heavy atom. The Kier molecular flexibility index (Phi) is 3.52. The third kappa shape index (κ3) is 2.26. The summed E-state index contributed by atoms with van der Waals surface area (Å²) >= 11 is 0. The Morgan fingerprint density at radius 1 is 1.30 bits per heavy atom. The highest BCUT2D eigenvalue weighted by Gasteiger charge is 2.52. The summed E-state index contributed by atoms with van der Waals surface area (Å²) in [6.45, 7) is 1.15. The normalized spacial score (nSPS) is 21.1. The number of hydrogen-bond acceptors (Lipinski definition) is 5. The number of hydrogen-bond donors (Lipinski definition) is 0. The summed E-state index contributed by atoms with van der Waals surface area (Å²) in [6, 6.07) is 2.79. The van der Waals surface area contributed by atoms with Crippen molar-refractivity contribution >= 4 is 17.5 Å². The first-order valence-electron chi connectivity index (χ1n) is 5.70. The lowest BCUT2D eigenvalue weighted by molar-refractivity contribution is -0.171. The summed E-state index contributed by atoms with van der Waals surface area (Å²) < 4.78 is 30.9. The second kappa shape index (κ2) is 4.99. The Hall–Kier alpha value is -2.31. The van der Waals surface area contributed by atoms with E-state index >= 15 is 0 Å². The van der Waals surface area contributed by atoms with Gasteiger partial charge in [-0.25, -0.2) is 13.6 Å². The van der Waals surface area contributed by atoms with Crippen LogP contribution >= 0.6 is 0 Å². The molecule has 5 nitrogen and oxygen atoms in total. The fourth-order valence-electron chi connectivity index (χ4n) is 1.92. The first kappa shape index (κ1) is 14.1. The van der Waals surface area contributed by atoms with Crippen molar-refractivity contribution < 1.29 is 27.9 Å². The minimum Gasteiger partial charge on any atom is -0.466 e. The van der Waals surface area contributed by atoms with Crippen LogP contribution in [0.5, 0.6) is 0 Å². The summed E-state index contributed by atoms with van der Waals surface area (Å²) in [6.07, 6.45) is -0.238. The highest BCUT2D eigenvalue weighted by molar-refractivity contribution is 6.14. The van der Waals surface area contributed by atoms with Crippen LogP contribution in [-0.4, -0.2) is 30.2 Å². The van der Waals surface area contributed by atoms with Gasteiger partial charge in [-0.2, -0.15) is 0 Å². The van der Waals surface area contributed by atoms with Gasteiger partial charge in [-0.05, 0) is 19.1 Å². The summed E-state index contributed by atoms with van der Waals surface area (Å²) in [7, 11) is 1.11. The maximum atomic E-state index is 13.2. The number of nitrogens with zero attached hydrogens (tertiary/aromatic N) is 1. The van der Waals surface area contributed by atoms with Gasteiger partial charge >= 0.3 is 5.97 Å². The van der Waals surface area contributed by atoms with Crippen molar-refractivity contribution in [2.24, 2.45) is 5.16 Å². The predicted octanol–water partition coefficient (Wildman–Crippen LogP) is 1.59. The molecule has 1 aromatic carbocycles. The molecule has 1 aliphatic rings. The van der Waals surface area contributed by atoms with Crippen molar-refractivity contribution in [2.75, 3.05) is 7.11 Å². The van der Waals surface area contributed by atoms with Gasteiger partial charge < -0.3 is 9.57 Å². The van der Waals surface area contributed by atoms with Crippen LogP contribution < -0.4 is 0 Å². The van der Waals surface area contributed by atoms with E-state index in [1.165, 1.54) is 0 Å². The van der Waals surface area contributed by atoms with Gasteiger partial charge in [0.2, 0.25) is 0 Å². The summed E-state index contributed by atoms with van der Waals surface area (Å²) in [4.78, 5) is 28.3. The summed E-state index contributed by atoms with van der Waals surface area (Å²) in [5, 5.41) is 3.59. The van der Waals surface area contributed by atoms with Gasteiger partial charge in [-0.15, -0.1) is 0 Å². The predicted molar refractivity (Wildman–Crippen MR) is 64.0 cm³/mol. The molecule has 0 aliphatic carbocycles. The molecule has 7 heteroatoms. The second-order valence-electron chi connectivity index (χ2n) is 4.34. The molecule has 1 aliphatic heterocycles.